The molecule has 2 N–H and O–H groups in total. The Morgan fingerprint density at radius 1 is 1.16 bits per heavy atom. The highest BCUT2D eigenvalue weighted by Gasteiger charge is 2.62. The van der Waals surface area contributed by atoms with Crippen molar-refractivity contribution in [2.45, 2.75) is 37.5 Å². The zero-order valence-corrected chi connectivity index (χ0v) is 21.6. The molecule has 1 spiro atoms. The summed E-state index contributed by atoms with van der Waals surface area (Å²) >= 11 is 6.30. The molecule has 1 aliphatic heterocycles. The smallest absolute Gasteiger partial charge is 0.371 e. The van der Waals surface area contributed by atoms with E-state index in [1.165, 1.54) is 25.2 Å². The van der Waals surface area contributed by atoms with Gasteiger partial charge in [0.15, 0.2) is 0 Å². The zero-order valence-electron chi connectivity index (χ0n) is 20.8. The van der Waals surface area contributed by atoms with Crippen LogP contribution in [-0.2, 0) is 10.4 Å². The topological polar surface area (TPSA) is 72.9 Å². The third-order valence-corrected chi connectivity index (χ3v) is 8.29. The van der Waals surface area contributed by atoms with Crippen molar-refractivity contribution in [1.29, 1.82) is 0 Å². The summed E-state index contributed by atoms with van der Waals surface area (Å²) in [6.45, 7) is 1.75. The molecule has 4 rings (SSSR count). The van der Waals surface area contributed by atoms with Gasteiger partial charge in [0.25, 0.3) is 17.4 Å². The maximum atomic E-state index is 13.8. The summed E-state index contributed by atoms with van der Waals surface area (Å²) in [4.78, 5) is 27.9. The fourth-order valence-corrected chi connectivity index (χ4v) is 5.76. The minimum Gasteiger partial charge on any atom is -0.371 e. The van der Waals surface area contributed by atoms with Crippen molar-refractivity contribution >= 4 is 29.1 Å². The van der Waals surface area contributed by atoms with Crippen LogP contribution in [0.15, 0.2) is 48.5 Å². The molecule has 2 aromatic carbocycles. The lowest BCUT2D eigenvalue weighted by Crippen LogP contribution is -2.55. The molecule has 10 heteroatoms. The summed E-state index contributed by atoms with van der Waals surface area (Å²) in [6.07, 6.45) is -1.73. The number of amides is 2. The van der Waals surface area contributed by atoms with E-state index in [0.29, 0.717) is 22.9 Å². The Labute approximate surface area is 219 Å². The molecule has 1 saturated heterocycles. The second kappa shape index (κ2) is 10.2. The monoisotopic (exact) mass is 537 g/mol. The van der Waals surface area contributed by atoms with E-state index >= 15 is 0 Å². The van der Waals surface area contributed by atoms with Crippen molar-refractivity contribution in [3.63, 3.8) is 0 Å². The number of alkyl halides is 3. The van der Waals surface area contributed by atoms with E-state index in [1.807, 2.05) is 6.07 Å². The van der Waals surface area contributed by atoms with Gasteiger partial charge < -0.3 is 20.2 Å². The van der Waals surface area contributed by atoms with Crippen molar-refractivity contribution in [2.24, 2.45) is 11.3 Å². The molecular weight excluding hydrogens is 507 g/mol. The standard InChI is InChI=1S/C27H31ClF3N3O3/c1-32-23(35)21-9-8-20(16-22(21)28)34-14-11-25(12-15-34)17-19(25)10-13-33(2)24(36)26(37,27(29,30)31)18-6-4-3-5-7-18/h3-9,16,19,37H,10-15,17H2,1-2H3,(H,32,35)/t19-,26-/m1/s1. The number of nitrogens with zero attached hydrogens (tertiary/aromatic N) is 2. The van der Waals surface area contributed by atoms with Crippen molar-refractivity contribution in [3.8, 4) is 0 Å². The fourth-order valence-electron chi connectivity index (χ4n) is 5.50. The quantitative estimate of drug-likeness (QED) is 0.541. The molecule has 2 atom stereocenters. The predicted octanol–water partition coefficient (Wildman–Crippen LogP) is 4.60. The molecule has 2 aromatic rings. The van der Waals surface area contributed by atoms with Gasteiger partial charge in [-0.25, -0.2) is 0 Å². The van der Waals surface area contributed by atoms with Gasteiger partial charge in [0.05, 0.1) is 10.6 Å². The number of benzene rings is 2. The number of carbonyl (C=O) groups is 2. The molecule has 0 unspecified atom stereocenters. The molecule has 1 aliphatic carbocycles. The number of rotatable bonds is 7. The van der Waals surface area contributed by atoms with Gasteiger partial charge in [-0.3, -0.25) is 9.59 Å². The lowest BCUT2D eigenvalue weighted by molar-refractivity contribution is -0.261. The van der Waals surface area contributed by atoms with Crippen LogP contribution in [0.1, 0.15) is 41.6 Å². The number of anilines is 1. The molecule has 6 nitrogen and oxygen atoms in total. The van der Waals surface area contributed by atoms with Gasteiger partial charge in [-0.1, -0.05) is 41.9 Å². The van der Waals surface area contributed by atoms with Crippen LogP contribution in [-0.4, -0.2) is 61.7 Å². The SMILES string of the molecule is CNC(=O)c1ccc(N2CCC3(CC2)C[C@H]3CCN(C)C(=O)[C@](O)(c2ccccc2)C(F)(F)F)cc1Cl. The molecule has 200 valence electrons. The van der Waals surface area contributed by atoms with Crippen LogP contribution in [0.3, 0.4) is 0 Å². The Bertz CT molecular complexity index is 1150. The summed E-state index contributed by atoms with van der Waals surface area (Å²) in [5, 5.41) is 13.5. The normalized spacial score (nSPS) is 20.3. The molecule has 2 amide bonds. The van der Waals surface area contributed by atoms with Gasteiger partial charge in [-0.15, -0.1) is 0 Å². The molecule has 0 bridgehead atoms. The van der Waals surface area contributed by atoms with E-state index in [0.717, 1.165) is 55.1 Å². The predicted molar refractivity (Wildman–Crippen MR) is 135 cm³/mol. The Morgan fingerprint density at radius 2 is 1.81 bits per heavy atom. The minimum absolute atomic E-state index is 0.131. The van der Waals surface area contributed by atoms with Gasteiger partial charge in [0.2, 0.25) is 0 Å². The largest absolute Gasteiger partial charge is 0.430 e. The lowest BCUT2D eigenvalue weighted by Gasteiger charge is -2.35. The maximum absolute atomic E-state index is 13.8. The zero-order chi connectivity index (χ0) is 27.0. The first kappa shape index (κ1) is 27.3. The molecule has 0 aromatic heterocycles. The van der Waals surface area contributed by atoms with Gasteiger partial charge in [-0.2, -0.15) is 13.2 Å². The van der Waals surface area contributed by atoms with Crippen molar-refractivity contribution in [2.75, 3.05) is 38.6 Å². The molecule has 2 aliphatic rings. The van der Waals surface area contributed by atoms with Crippen LogP contribution in [0.5, 0.6) is 0 Å². The average Bonchev–Trinajstić information content (AvgIpc) is 3.57. The number of aliphatic hydroxyl groups is 1. The second-order valence-corrected chi connectivity index (χ2v) is 10.5. The van der Waals surface area contributed by atoms with Crippen LogP contribution < -0.4 is 10.2 Å². The third-order valence-electron chi connectivity index (χ3n) is 7.98. The number of likely N-dealkylation sites (N-methyl/N-ethyl adjacent to an activating group) is 1. The number of hydrogen-bond donors (Lipinski definition) is 2. The fraction of sp³-hybridized carbons (Fsp3) is 0.481. The number of nitrogens with one attached hydrogen (secondary N) is 1. The van der Waals surface area contributed by atoms with E-state index in [2.05, 4.69) is 10.2 Å². The first-order chi connectivity index (χ1) is 17.4. The molecule has 2 fully saturated rings. The first-order valence-electron chi connectivity index (χ1n) is 12.3. The molecule has 1 saturated carbocycles. The summed E-state index contributed by atoms with van der Waals surface area (Å²) in [5.41, 5.74) is -2.57. The number of halogens is 4. The van der Waals surface area contributed by atoms with E-state index in [1.54, 1.807) is 19.2 Å². The van der Waals surface area contributed by atoms with E-state index in [9.17, 15) is 27.9 Å². The Kier molecular flexibility index (Phi) is 7.50. The summed E-state index contributed by atoms with van der Waals surface area (Å²) < 4.78 is 41.5. The summed E-state index contributed by atoms with van der Waals surface area (Å²) in [6, 6.07) is 11.9. The Morgan fingerprint density at radius 3 is 2.38 bits per heavy atom. The van der Waals surface area contributed by atoms with E-state index in [-0.39, 0.29) is 17.9 Å². The van der Waals surface area contributed by atoms with Crippen molar-refractivity contribution < 1.29 is 27.9 Å². The van der Waals surface area contributed by atoms with Crippen LogP contribution in [0, 0.1) is 11.3 Å². The van der Waals surface area contributed by atoms with Gasteiger partial charge >= 0.3 is 6.18 Å². The van der Waals surface area contributed by atoms with Gasteiger partial charge in [-0.05, 0) is 55.2 Å². The first-order valence-corrected chi connectivity index (χ1v) is 12.7. The Balaban J connectivity index is 1.33. The second-order valence-electron chi connectivity index (χ2n) is 10.1. The maximum Gasteiger partial charge on any atom is 0.430 e. The summed E-state index contributed by atoms with van der Waals surface area (Å²) in [5.74, 6) is -1.29. The highest BCUT2D eigenvalue weighted by molar-refractivity contribution is 6.34. The van der Waals surface area contributed by atoms with E-state index < -0.39 is 23.2 Å². The third kappa shape index (κ3) is 5.16. The average molecular weight is 538 g/mol. The molecule has 0 radical (unpaired) electrons. The lowest BCUT2D eigenvalue weighted by atomic mass is 9.89. The van der Waals surface area contributed by atoms with Gasteiger partial charge in [0, 0.05) is 45.0 Å². The highest BCUT2D eigenvalue weighted by atomic mass is 35.5. The minimum atomic E-state index is -5.14. The molecular formula is C27H31ClF3N3O3. The van der Waals surface area contributed by atoms with Crippen LogP contribution in [0.25, 0.3) is 0 Å². The van der Waals surface area contributed by atoms with Crippen molar-refractivity contribution in [3.05, 3.63) is 64.7 Å². The number of piperidine rings is 1. The number of carbonyl (C=O) groups excluding carboxylic acids is 2. The van der Waals surface area contributed by atoms with Gasteiger partial charge in [0.1, 0.15) is 0 Å². The Hall–Kier alpha value is -2.78. The van der Waals surface area contributed by atoms with Crippen LogP contribution in [0.4, 0.5) is 18.9 Å². The number of hydrogen-bond acceptors (Lipinski definition) is 4. The summed E-state index contributed by atoms with van der Waals surface area (Å²) in [7, 11) is 2.86. The highest BCUT2D eigenvalue weighted by Crippen LogP contribution is 2.61. The molecule has 37 heavy (non-hydrogen) atoms. The van der Waals surface area contributed by atoms with Crippen LogP contribution >= 0.6 is 11.6 Å². The molecule has 1 heterocycles. The van der Waals surface area contributed by atoms with Crippen LogP contribution in [0.2, 0.25) is 5.02 Å². The van der Waals surface area contributed by atoms with Crippen molar-refractivity contribution in [1.82, 2.24) is 10.2 Å². The van der Waals surface area contributed by atoms with E-state index in [4.69, 9.17) is 11.6 Å².